The van der Waals surface area contributed by atoms with Gasteiger partial charge in [0.2, 0.25) is 11.9 Å². The summed E-state index contributed by atoms with van der Waals surface area (Å²) in [4.78, 5) is 35.2. The first kappa shape index (κ1) is 22.8. The molecule has 0 unspecified atom stereocenters. The first-order chi connectivity index (χ1) is 15.7. The van der Waals surface area contributed by atoms with E-state index in [2.05, 4.69) is 20.2 Å². The Hall–Kier alpha value is -3.41. The fourth-order valence-electron chi connectivity index (χ4n) is 3.67. The minimum atomic E-state index is -4.09. The lowest BCUT2D eigenvalue weighted by Crippen LogP contribution is -2.44. The lowest BCUT2D eigenvalue weighted by atomic mass is 10.1. The molecule has 3 aromatic rings. The number of hydrogen-bond donors (Lipinski definition) is 2. The summed E-state index contributed by atoms with van der Waals surface area (Å²) >= 11 is 0. The van der Waals surface area contributed by atoms with Crippen LogP contribution < -0.4 is 10.2 Å². The van der Waals surface area contributed by atoms with Crippen molar-refractivity contribution in [3.63, 3.8) is 0 Å². The normalized spacial score (nSPS) is 15.8. The Labute approximate surface area is 191 Å². The van der Waals surface area contributed by atoms with Crippen LogP contribution in [0.4, 0.5) is 5.95 Å². The smallest absolute Gasteiger partial charge is 0.294 e. The topological polar surface area (TPSA) is 133 Å². The number of hydrogen-bond acceptors (Lipinski definition) is 8. The standard InChI is InChI=1S/C12H15N5O2.C10H8O3S/c1-8(18)17-7-10-9(11(17)19)6-14-12(15-10)16-4-2-13-3-5-16;11-14(12,13)10-6-5-8-3-1-2-4-9(8)7-10/h6,13H,2-5,7H2,1H3;1-7H,(H,11,12,13). The first-order valence-electron chi connectivity index (χ1n) is 10.3. The predicted octanol–water partition coefficient (Wildman–Crippen LogP) is 1.48. The fraction of sp³-hybridized carbons (Fsp3) is 0.273. The number of piperazine rings is 1. The summed E-state index contributed by atoms with van der Waals surface area (Å²) in [6, 6.07) is 11.9. The summed E-state index contributed by atoms with van der Waals surface area (Å²) in [5.74, 6) is 0.0829. The number of amides is 2. The quantitative estimate of drug-likeness (QED) is 0.535. The zero-order chi connectivity index (χ0) is 23.6. The average molecular weight is 470 g/mol. The van der Waals surface area contributed by atoms with Crippen molar-refractivity contribution in [2.75, 3.05) is 31.1 Å². The molecule has 0 atom stereocenters. The van der Waals surface area contributed by atoms with Gasteiger partial charge in [-0.15, -0.1) is 0 Å². The maximum absolute atomic E-state index is 11.9. The molecule has 2 aromatic carbocycles. The van der Waals surface area contributed by atoms with Crippen LogP contribution in [0.25, 0.3) is 10.8 Å². The van der Waals surface area contributed by atoms with Crippen LogP contribution in [0.5, 0.6) is 0 Å². The predicted molar refractivity (Wildman–Crippen MR) is 121 cm³/mol. The maximum Gasteiger partial charge on any atom is 0.294 e. The summed E-state index contributed by atoms with van der Waals surface area (Å²) in [6.45, 7) is 5.14. The number of nitrogens with zero attached hydrogens (tertiary/aromatic N) is 4. The van der Waals surface area contributed by atoms with Crippen LogP contribution in [0.15, 0.2) is 53.6 Å². The van der Waals surface area contributed by atoms with Crippen LogP contribution in [-0.2, 0) is 21.5 Å². The molecule has 0 saturated carbocycles. The minimum Gasteiger partial charge on any atom is -0.338 e. The Balaban J connectivity index is 0.000000165. The summed E-state index contributed by atoms with van der Waals surface area (Å²) < 4.78 is 30.5. The van der Waals surface area contributed by atoms with Gasteiger partial charge in [0.15, 0.2) is 0 Å². The number of benzene rings is 2. The molecule has 0 spiro atoms. The van der Waals surface area contributed by atoms with Gasteiger partial charge in [-0.05, 0) is 22.9 Å². The zero-order valence-corrected chi connectivity index (χ0v) is 18.7. The third kappa shape index (κ3) is 5.00. The summed E-state index contributed by atoms with van der Waals surface area (Å²) in [5, 5.41) is 5.00. The van der Waals surface area contributed by atoms with Gasteiger partial charge in [-0.2, -0.15) is 8.42 Å². The van der Waals surface area contributed by atoms with Crippen LogP contribution in [0.3, 0.4) is 0 Å². The van der Waals surface area contributed by atoms with Crippen molar-refractivity contribution in [3.8, 4) is 0 Å². The van der Waals surface area contributed by atoms with Gasteiger partial charge in [-0.1, -0.05) is 30.3 Å². The van der Waals surface area contributed by atoms with Gasteiger partial charge in [0, 0.05) is 39.3 Å². The highest BCUT2D eigenvalue weighted by molar-refractivity contribution is 7.85. The van der Waals surface area contributed by atoms with Crippen LogP contribution >= 0.6 is 0 Å². The van der Waals surface area contributed by atoms with E-state index in [0.717, 1.165) is 37.0 Å². The highest BCUT2D eigenvalue weighted by atomic mass is 32.2. The van der Waals surface area contributed by atoms with Gasteiger partial charge < -0.3 is 10.2 Å². The van der Waals surface area contributed by atoms with Crippen molar-refractivity contribution in [2.45, 2.75) is 18.4 Å². The van der Waals surface area contributed by atoms with Gasteiger partial charge in [0.05, 0.1) is 22.7 Å². The molecule has 172 valence electrons. The molecule has 10 nitrogen and oxygen atoms in total. The Kier molecular flexibility index (Phi) is 6.36. The zero-order valence-electron chi connectivity index (χ0n) is 17.9. The van der Waals surface area contributed by atoms with E-state index in [0.29, 0.717) is 17.2 Å². The largest absolute Gasteiger partial charge is 0.338 e. The van der Waals surface area contributed by atoms with Crippen LogP contribution in [0.2, 0.25) is 0 Å². The van der Waals surface area contributed by atoms with Crippen molar-refractivity contribution in [2.24, 2.45) is 0 Å². The first-order valence-corrected chi connectivity index (χ1v) is 11.8. The second-order valence-electron chi connectivity index (χ2n) is 7.66. The third-order valence-corrected chi connectivity index (χ3v) is 6.29. The molecule has 0 aliphatic carbocycles. The second kappa shape index (κ2) is 9.22. The van der Waals surface area contributed by atoms with E-state index in [1.807, 2.05) is 18.2 Å². The number of imide groups is 1. The van der Waals surface area contributed by atoms with E-state index in [1.54, 1.807) is 12.1 Å². The Morgan fingerprint density at radius 3 is 2.45 bits per heavy atom. The summed E-state index contributed by atoms with van der Waals surface area (Å²) in [7, 11) is -4.09. The summed E-state index contributed by atoms with van der Waals surface area (Å²) in [5.41, 5.74) is 1.08. The highest BCUT2D eigenvalue weighted by Crippen LogP contribution is 2.22. The number of rotatable bonds is 2. The van der Waals surface area contributed by atoms with Crippen LogP contribution in [0, 0.1) is 0 Å². The molecule has 0 radical (unpaired) electrons. The molecule has 1 saturated heterocycles. The van der Waals surface area contributed by atoms with E-state index >= 15 is 0 Å². The lowest BCUT2D eigenvalue weighted by molar-refractivity contribution is -0.126. The van der Waals surface area contributed by atoms with Gasteiger partial charge in [0.1, 0.15) is 0 Å². The fourth-order valence-corrected chi connectivity index (χ4v) is 4.19. The number of anilines is 1. The van der Waals surface area contributed by atoms with E-state index in [1.165, 1.54) is 30.2 Å². The Morgan fingerprint density at radius 1 is 1.09 bits per heavy atom. The highest BCUT2D eigenvalue weighted by Gasteiger charge is 2.32. The molecule has 1 aromatic heterocycles. The number of carbonyl (C=O) groups excluding carboxylic acids is 2. The van der Waals surface area contributed by atoms with Crippen molar-refractivity contribution < 1.29 is 22.6 Å². The number of nitrogens with one attached hydrogen (secondary N) is 1. The van der Waals surface area contributed by atoms with Crippen molar-refractivity contribution in [3.05, 3.63) is 59.9 Å². The number of fused-ring (bicyclic) bond motifs is 2. The Morgan fingerprint density at radius 2 is 1.79 bits per heavy atom. The monoisotopic (exact) mass is 469 g/mol. The Bertz CT molecular complexity index is 1320. The van der Waals surface area contributed by atoms with Crippen molar-refractivity contribution in [1.82, 2.24) is 20.2 Å². The molecule has 11 heteroatoms. The molecule has 2 aliphatic rings. The van der Waals surface area contributed by atoms with Gasteiger partial charge >= 0.3 is 0 Å². The van der Waals surface area contributed by atoms with E-state index < -0.39 is 10.1 Å². The van der Waals surface area contributed by atoms with Gasteiger partial charge in [-0.3, -0.25) is 19.0 Å². The molecular formula is C22H23N5O5S. The SMILES string of the molecule is CC(=O)N1Cc2nc(N3CCNCC3)ncc2C1=O.O=S(=O)(O)c1ccc2ccccc2c1. The number of carbonyl (C=O) groups is 2. The van der Waals surface area contributed by atoms with Crippen LogP contribution in [0.1, 0.15) is 23.0 Å². The molecule has 2 aliphatic heterocycles. The van der Waals surface area contributed by atoms with Gasteiger partial charge in [-0.25, -0.2) is 9.97 Å². The lowest BCUT2D eigenvalue weighted by Gasteiger charge is -2.27. The van der Waals surface area contributed by atoms with E-state index in [4.69, 9.17) is 4.55 Å². The van der Waals surface area contributed by atoms with Gasteiger partial charge in [0.25, 0.3) is 16.0 Å². The molecule has 2 amide bonds. The summed E-state index contributed by atoms with van der Waals surface area (Å²) in [6.07, 6.45) is 1.53. The minimum absolute atomic E-state index is 0.0730. The molecular weight excluding hydrogens is 446 g/mol. The average Bonchev–Trinajstić information content (AvgIpc) is 3.15. The molecule has 1 fully saturated rings. The second-order valence-corrected chi connectivity index (χ2v) is 9.08. The van der Waals surface area contributed by atoms with E-state index in [9.17, 15) is 18.0 Å². The van der Waals surface area contributed by atoms with Crippen molar-refractivity contribution >= 4 is 38.7 Å². The molecule has 0 bridgehead atoms. The van der Waals surface area contributed by atoms with Crippen LogP contribution in [-0.4, -0.2) is 65.8 Å². The number of aromatic nitrogens is 2. The maximum atomic E-state index is 11.9. The third-order valence-electron chi connectivity index (χ3n) is 5.44. The molecule has 5 rings (SSSR count). The molecule has 3 heterocycles. The molecule has 33 heavy (non-hydrogen) atoms. The van der Waals surface area contributed by atoms with E-state index in [-0.39, 0.29) is 23.3 Å². The molecule has 2 N–H and O–H groups in total. The van der Waals surface area contributed by atoms with Crippen molar-refractivity contribution in [1.29, 1.82) is 0 Å².